The highest BCUT2D eigenvalue weighted by atomic mass is 19.2. The molecular weight excluding hydrogens is 466 g/mol. The van der Waals surface area contributed by atoms with Crippen molar-refractivity contribution in [3.8, 4) is 5.75 Å². The number of anilines is 1. The molecule has 3 aromatic carbocycles. The monoisotopic (exact) mass is 490 g/mol. The summed E-state index contributed by atoms with van der Waals surface area (Å²) in [6.45, 7) is 1.87. The van der Waals surface area contributed by atoms with Crippen LogP contribution in [0.4, 0.5) is 14.5 Å². The van der Waals surface area contributed by atoms with Gasteiger partial charge in [0, 0.05) is 12.7 Å². The van der Waals surface area contributed by atoms with E-state index in [2.05, 4.69) is 5.32 Å². The third kappa shape index (κ3) is 4.19. The van der Waals surface area contributed by atoms with Gasteiger partial charge in [0.05, 0.1) is 23.7 Å². The van der Waals surface area contributed by atoms with E-state index >= 15 is 8.78 Å². The average Bonchev–Trinajstić information content (AvgIpc) is 2.90. The van der Waals surface area contributed by atoms with Crippen molar-refractivity contribution < 1.29 is 23.0 Å². The molecule has 0 spiro atoms. The van der Waals surface area contributed by atoms with Gasteiger partial charge >= 0.3 is 5.97 Å². The van der Waals surface area contributed by atoms with Gasteiger partial charge in [-0.3, -0.25) is 4.79 Å². The van der Waals surface area contributed by atoms with Crippen LogP contribution in [0, 0.1) is 11.6 Å². The summed E-state index contributed by atoms with van der Waals surface area (Å²) in [5, 5.41) is 2.73. The number of ether oxygens (including phenoxy) is 2. The number of aromatic nitrogens is 1. The number of benzene rings is 3. The number of carbonyl (C=O) groups is 1. The molecule has 0 bridgehead atoms. The second-order valence-electron chi connectivity index (χ2n) is 8.55. The van der Waals surface area contributed by atoms with Gasteiger partial charge < -0.3 is 19.4 Å². The lowest BCUT2D eigenvalue weighted by Crippen LogP contribution is -2.31. The molecule has 2 heterocycles. The Balaban J connectivity index is 1.73. The number of hydrogen-bond donors (Lipinski definition) is 1. The molecule has 184 valence electrons. The van der Waals surface area contributed by atoms with E-state index in [0.717, 1.165) is 11.1 Å². The van der Waals surface area contributed by atoms with Crippen molar-refractivity contribution in [2.24, 2.45) is 0 Å². The zero-order valence-corrected chi connectivity index (χ0v) is 19.6. The van der Waals surface area contributed by atoms with Gasteiger partial charge in [-0.1, -0.05) is 60.7 Å². The maximum atomic E-state index is 15.4. The first-order chi connectivity index (χ1) is 17.5. The van der Waals surface area contributed by atoms with Gasteiger partial charge in [-0.2, -0.15) is 4.39 Å². The van der Waals surface area contributed by atoms with Gasteiger partial charge in [0.1, 0.15) is 17.7 Å². The van der Waals surface area contributed by atoms with E-state index in [1.54, 1.807) is 11.5 Å². The van der Waals surface area contributed by atoms with Crippen molar-refractivity contribution in [2.45, 2.75) is 25.9 Å². The van der Waals surface area contributed by atoms with Crippen LogP contribution < -0.4 is 15.5 Å². The lowest BCUT2D eigenvalue weighted by molar-refractivity contribution is 0.0523. The fraction of sp³-hybridized carbons (Fsp3) is 0.214. The molecule has 1 aliphatic heterocycles. The summed E-state index contributed by atoms with van der Waals surface area (Å²) < 4.78 is 43.1. The maximum Gasteiger partial charge on any atom is 0.343 e. The third-order valence-electron chi connectivity index (χ3n) is 6.25. The number of carbonyl (C=O) groups excluding carboxylic acids is 1. The van der Waals surface area contributed by atoms with Gasteiger partial charge in [0.25, 0.3) is 0 Å². The molecule has 1 atom stereocenters. The highest BCUT2D eigenvalue weighted by Gasteiger charge is 2.33. The van der Waals surface area contributed by atoms with Crippen LogP contribution >= 0.6 is 0 Å². The second-order valence-corrected chi connectivity index (χ2v) is 8.55. The molecule has 4 aromatic rings. The van der Waals surface area contributed by atoms with E-state index in [1.807, 2.05) is 60.7 Å². The Morgan fingerprint density at radius 2 is 1.72 bits per heavy atom. The lowest BCUT2D eigenvalue weighted by atomic mass is 10.0. The van der Waals surface area contributed by atoms with E-state index < -0.39 is 23.0 Å². The highest BCUT2D eigenvalue weighted by Crippen LogP contribution is 2.41. The first-order valence-corrected chi connectivity index (χ1v) is 11.7. The highest BCUT2D eigenvalue weighted by molar-refractivity contribution is 6.01. The van der Waals surface area contributed by atoms with Crippen molar-refractivity contribution in [1.82, 2.24) is 4.57 Å². The molecule has 0 saturated heterocycles. The van der Waals surface area contributed by atoms with Crippen molar-refractivity contribution in [1.29, 1.82) is 0 Å². The summed E-state index contributed by atoms with van der Waals surface area (Å²) in [6, 6.07) is 18.3. The molecule has 1 aromatic heterocycles. The molecule has 0 fully saturated rings. The van der Waals surface area contributed by atoms with E-state index in [1.165, 1.54) is 6.20 Å². The third-order valence-corrected chi connectivity index (χ3v) is 6.25. The Morgan fingerprint density at radius 1 is 1.06 bits per heavy atom. The summed E-state index contributed by atoms with van der Waals surface area (Å²) in [7, 11) is 0. The topological polar surface area (TPSA) is 69.6 Å². The molecule has 0 amide bonds. The van der Waals surface area contributed by atoms with Crippen molar-refractivity contribution in [3.63, 3.8) is 0 Å². The van der Waals surface area contributed by atoms with Crippen molar-refractivity contribution in [3.05, 3.63) is 105 Å². The first-order valence-electron chi connectivity index (χ1n) is 11.7. The number of halogens is 2. The van der Waals surface area contributed by atoms with Gasteiger partial charge in [0.2, 0.25) is 11.2 Å². The van der Waals surface area contributed by atoms with Crippen molar-refractivity contribution in [2.75, 3.05) is 18.5 Å². The average molecular weight is 491 g/mol. The van der Waals surface area contributed by atoms with E-state index in [4.69, 9.17) is 9.47 Å². The summed E-state index contributed by atoms with van der Waals surface area (Å²) in [6.07, 6.45) is 1.87. The molecular formula is C28H24F2N2O4. The fourth-order valence-corrected chi connectivity index (χ4v) is 4.55. The Kier molecular flexibility index (Phi) is 6.41. The van der Waals surface area contributed by atoms with Gasteiger partial charge in [-0.25, -0.2) is 9.18 Å². The largest absolute Gasteiger partial charge is 0.486 e. The molecule has 1 unspecified atom stereocenters. The van der Waals surface area contributed by atoms with Crippen LogP contribution in [0.2, 0.25) is 0 Å². The summed E-state index contributed by atoms with van der Waals surface area (Å²) >= 11 is 0. The smallest absolute Gasteiger partial charge is 0.343 e. The minimum atomic E-state index is -1.24. The fourth-order valence-electron chi connectivity index (χ4n) is 4.55. The summed E-state index contributed by atoms with van der Waals surface area (Å²) in [5.74, 6) is -3.59. The molecule has 36 heavy (non-hydrogen) atoms. The van der Waals surface area contributed by atoms with Gasteiger partial charge in [0.15, 0.2) is 11.6 Å². The SMILES string of the molecule is CCOC(=O)c1cn2c3c(c(F)c(F)c(NCc4ccccc4)c3c1=O)OCC2Cc1ccccc1. The predicted octanol–water partition coefficient (Wildman–Crippen LogP) is 5.24. The molecule has 0 radical (unpaired) electrons. The number of esters is 1. The first kappa shape index (κ1) is 23.5. The molecule has 1 N–H and O–H groups in total. The summed E-state index contributed by atoms with van der Waals surface area (Å²) in [4.78, 5) is 26.3. The van der Waals surface area contributed by atoms with Crippen LogP contribution in [0.3, 0.4) is 0 Å². The Bertz CT molecular complexity index is 1490. The quantitative estimate of drug-likeness (QED) is 0.359. The number of nitrogens with zero attached hydrogens (tertiary/aromatic N) is 1. The summed E-state index contributed by atoms with van der Waals surface area (Å²) in [5.41, 5.74) is 0.591. The van der Waals surface area contributed by atoms with E-state index in [-0.39, 0.29) is 53.7 Å². The van der Waals surface area contributed by atoms with Crippen LogP contribution in [0.5, 0.6) is 5.75 Å². The van der Waals surface area contributed by atoms with E-state index in [9.17, 15) is 9.59 Å². The standard InChI is InChI=1S/C28H24F2N2O4/c1-2-35-28(34)20-15-32-19(13-17-9-5-3-6-10-17)16-36-27-23(30)22(29)24(21(25(27)32)26(20)33)31-14-18-11-7-4-8-12-18/h3-12,15,19,31H,2,13-14,16H2,1H3. The minimum absolute atomic E-state index is 0.0370. The maximum absolute atomic E-state index is 15.4. The molecule has 0 aliphatic carbocycles. The molecule has 5 rings (SSSR count). The second kappa shape index (κ2) is 9.81. The van der Waals surface area contributed by atoms with Crippen LogP contribution in [0.25, 0.3) is 10.9 Å². The van der Waals surface area contributed by atoms with E-state index in [0.29, 0.717) is 6.42 Å². The normalized spacial score (nSPS) is 14.4. The minimum Gasteiger partial charge on any atom is -0.486 e. The van der Waals surface area contributed by atoms with Gasteiger partial charge in [-0.05, 0) is 24.5 Å². The molecule has 8 heteroatoms. The van der Waals surface area contributed by atoms with Crippen molar-refractivity contribution >= 4 is 22.6 Å². The number of pyridine rings is 1. The molecule has 0 saturated carbocycles. The van der Waals surface area contributed by atoms with Crippen LogP contribution in [-0.2, 0) is 17.7 Å². The Labute approximate surface area is 206 Å². The molecule has 6 nitrogen and oxygen atoms in total. The van der Waals surface area contributed by atoms with Crippen LogP contribution in [-0.4, -0.2) is 23.8 Å². The number of nitrogens with one attached hydrogen (secondary N) is 1. The molecule has 1 aliphatic rings. The lowest BCUT2D eigenvalue weighted by Gasteiger charge is -2.30. The number of rotatable bonds is 7. The zero-order valence-electron chi connectivity index (χ0n) is 19.6. The van der Waals surface area contributed by atoms with Gasteiger partial charge in [-0.15, -0.1) is 0 Å². The van der Waals surface area contributed by atoms with Crippen LogP contribution in [0.15, 0.2) is 71.7 Å². The Morgan fingerprint density at radius 3 is 2.39 bits per heavy atom. The zero-order chi connectivity index (χ0) is 25.2. The number of hydrogen-bond acceptors (Lipinski definition) is 5. The van der Waals surface area contributed by atoms with Crippen LogP contribution in [0.1, 0.15) is 34.5 Å². The predicted molar refractivity (Wildman–Crippen MR) is 133 cm³/mol. The Hall–Kier alpha value is -4.20.